The third-order valence-corrected chi connectivity index (χ3v) is 3.85. The van der Waals surface area contributed by atoms with Gasteiger partial charge in [0.25, 0.3) is 5.91 Å². The van der Waals surface area contributed by atoms with Crippen molar-refractivity contribution in [2.24, 2.45) is 0 Å². The number of carbonyl (C=O) groups excluding carboxylic acids is 1. The molecule has 0 spiro atoms. The van der Waals surface area contributed by atoms with Crippen molar-refractivity contribution in [2.75, 3.05) is 10.6 Å². The maximum absolute atomic E-state index is 12.4. The first-order valence-corrected chi connectivity index (χ1v) is 8.24. The average molecular weight is 331 g/mol. The van der Waals surface area contributed by atoms with Gasteiger partial charge in [0.1, 0.15) is 5.69 Å². The Morgan fingerprint density at radius 1 is 0.920 bits per heavy atom. The van der Waals surface area contributed by atoms with Gasteiger partial charge in [-0.1, -0.05) is 42.0 Å². The molecule has 1 aromatic heterocycles. The highest BCUT2D eigenvalue weighted by atomic mass is 16.1. The van der Waals surface area contributed by atoms with Crippen LogP contribution in [-0.4, -0.2) is 10.9 Å². The molecule has 2 aromatic carbocycles. The van der Waals surface area contributed by atoms with Crippen LogP contribution in [0, 0.1) is 13.8 Å². The molecule has 3 rings (SSSR count). The molecule has 0 atom stereocenters. The quantitative estimate of drug-likeness (QED) is 0.720. The molecule has 0 aliphatic carbocycles. The summed E-state index contributed by atoms with van der Waals surface area (Å²) in [5.41, 5.74) is 5.54. The van der Waals surface area contributed by atoms with Gasteiger partial charge in [0, 0.05) is 24.1 Å². The molecule has 1 amide bonds. The van der Waals surface area contributed by atoms with E-state index in [0.29, 0.717) is 12.2 Å². The highest BCUT2D eigenvalue weighted by Crippen LogP contribution is 2.14. The summed E-state index contributed by atoms with van der Waals surface area (Å²) in [6.07, 6.45) is 1.64. The van der Waals surface area contributed by atoms with Gasteiger partial charge in [0.15, 0.2) is 0 Å². The van der Waals surface area contributed by atoms with Crippen LogP contribution in [0.3, 0.4) is 0 Å². The fraction of sp³-hybridized carbons (Fsp3) is 0.143. The standard InChI is InChI=1S/C21H21N3O/c1-15-5-3-7-17(11-15)14-23-18-9-10-22-20(13-18)21(25)24-19-8-4-6-16(2)12-19/h3-13H,14H2,1-2H3,(H,22,23)(H,24,25). The van der Waals surface area contributed by atoms with Crippen LogP contribution in [0.25, 0.3) is 0 Å². The number of pyridine rings is 1. The van der Waals surface area contributed by atoms with Crippen molar-refractivity contribution < 1.29 is 4.79 Å². The second-order valence-corrected chi connectivity index (χ2v) is 6.10. The molecule has 3 aromatic rings. The van der Waals surface area contributed by atoms with E-state index in [0.717, 1.165) is 16.9 Å². The first-order valence-electron chi connectivity index (χ1n) is 8.24. The van der Waals surface area contributed by atoms with Gasteiger partial charge < -0.3 is 10.6 Å². The Balaban J connectivity index is 1.67. The lowest BCUT2D eigenvalue weighted by atomic mass is 10.1. The van der Waals surface area contributed by atoms with Gasteiger partial charge in [0.05, 0.1) is 0 Å². The molecule has 25 heavy (non-hydrogen) atoms. The van der Waals surface area contributed by atoms with Crippen molar-refractivity contribution in [3.63, 3.8) is 0 Å². The molecule has 2 N–H and O–H groups in total. The summed E-state index contributed by atoms with van der Waals surface area (Å²) in [5, 5.41) is 6.21. The van der Waals surface area contributed by atoms with E-state index >= 15 is 0 Å². The van der Waals surface area contributed by atoms with Crippen molar-refractivity contribution in [3.05, 3.63) is 89.2 Å². The smallest absolute Gasteiger partial charge is 0.274 e. The van der Waals surface area contributed by atoms with E-state index in [4.69, 9.17) is 0 Å². The number of rotatable bonds is 5. The predicted octanol–water partition coefficient (Wildman–Crippen LogP) is 4.56. The Labute approximate surface area is 147 Å². The van der Waals surface area contributed by atoms with Crippen molar-refractivity contribution in [2.45, 2.75) is 20.4 Å². The topological polar surface area (TPSA) is 54.0 Å². The van der Waals surface area contributed by atoms with E-state index in [2.05, 4.69) is 40.7 Å². The van der Waals surface area contributed by atoms with E-state index < -0.39 is 0 Å². The van der Waals surface area contributed by atoms with Crippen LogP contribution in [0.1, 0.15) is 27.2 Å². The minimum Gasteiger partial charge on any atom is -0.381 e. The lowest BCUT2D eigenvalue weighted by Gasteiger charge is -2.09. The molecule has 0 fully saturated rings. The lowest BCUT2D eigenvalue weighted by molar-refractivity contribution is 0.102. The molecule has 0 saturated carbocycles. The molecule has 0 saturated heterocycles. The van der Waals surface area contributed by atoms with E-state index in [9.17, 15) is 4.79 Å². The minimum atomic E-state index is -0.218. The number of benzene rings is 2. The Kier molecular flexibility index (Phi) is 5.09. The van der Waals surface area contributed by atoms with Gasteiger partial charge in [-0.25, -0.2) is 0 Å². The van der Waals surface area contributed by atoms with E-state index in [1.807, 2.05) is 43.3 Å². The Morgan fingerprint density at radius 3 is 2.44 bits per heavy atom. The number of anilines is 2. The Morgan fingerprint density at radius 2 is 1.68 bits per heavy atom. The van der Waals surface area contributed by atoms with Crippen molar-refractivity contribution >= 4 is 17.3 Å². The lowest BCUT2D eigenvalue weighted by Crippen LogP contribution is -2.14. The largest absolute Gasteiger partial charge is 0.381 e. The highest BCUT2D eigenvalue weighted by molar-refractivity contribution is 6.03. The summed E-state index contributed by atoms with van der Waals surface area (Å²) in [7, 11) is 0. The molecule has 1 heterocycles. The summed E-state index contributed by atoms with van der Waals surface area (Å²) in [4.78, 5) is 16.6. The molecule has 0 aliphatic heterocycles. The number of carbonyl (C=O) groups is 1. The van der Waals surface area contributed by atoms with Crippen molar-refractivity contribution in [1.29, 1.82) is 0 Å². The maximum atomic E-state index is 12.4. The first kappa shape index (κ1) is 16.7. The van der Waals surface area contributed by atoms with Crippen LogP contribution in [0.5, 0.6) is 0 Å². The molecule has 0 bridgehead atoms. The molecule has 0 aliphatic rings. The highest BCUT2D eigenvalue weighted by Gasteiger charge is 2.08. The third kappa shape index (κ3) is 4.67. The van der Waals surface area contributed by atoms with Gasteiger partial charge in [-0.2, -0.15) is 0 Å². The third-order valence-electron chi connectivity index (χ3n) is 3.85. The normalized spacial score (nSPS) is 10.3. The SMILES string of the molecule is Cc1cccc(CNc2ccnc(C(=O)Nc3cccc(C)c3)c2)c1. The number of hydrogen-bond acceptors (Lipinski definition) is 3. The van der Waals surface area contributed by atoms with Crippen LogP contribution in [-0.2, 0) is 6.54 Å². The number of nitrogens with one attached hydrogen (secondary N) is 2. The summed E-state index contributed by atoms with van der Waals surface area (Å²) >= 11 is 0. The maximum Gasteiger partial charge on any atom is 0.274 e. The number of aryl methyl sites for hydroxylation is 2. The zero-order valence-corrected chi connectivity index (χ0v) is 14.4. The van der Waals surface area contributed by atoms with Crippen LogP contribution in [0.2, 0.25) is 0 Å². The van der Waals surface area contributed by atoms with E-state index in [1.54, 1.807) is 12.3 Å². The van der Waals surface area contributed by atoms with Crippen molar-refractivity contribution in [3.8, 4) is 0 Å². The molecule has 0 radical (unpaired) electrons. The van der Waals surface area contributed by atoms with Crippen LogP contribution in [0.15, 0.2) is 66.9 Å². The second-order valence-electron chi connectivity index (χ2n) is 6.10. The Hall–Kier alpha value is -3.14. The fourth-order valence-corrected chi connectivity index (χ4v) is 2.61. The number of hydrogen-bond donors (Lipinski definition) is 2. The number of amides is 1. The van der Waals surface area contributed by atoms with Gasteiger partial charge in [-0.3, -0.25) is 9.78 Å². The van der Waals surface area contributed by atoms with Gasteiger partial charge >= 0.3 is 0 Å². The summed E-state index contributed by atoms with van der Waals surface area (Å²) in [6.45, 7) is 4.76. The number of nitrogens with zero attached hydrogens (tertiary/aromatic N) is 1. The van der Waals surface area contributed by atoms with Crippen LogP contribution < -0.4 is 10.6 Å². The minimum absolute atomic E-state index is 0.218. The monoisotopic (exact) mass is 331 g/mol. The second kappa shape index (κ2) is 7.62. The number of aromatic nitrogens is 1. The first-order chi connectivity index (χ1) is 12.1. The zero-order chi connectivity index (χ0) is 17.6. The van der Waals surface area contributed by atoms with Gasteiger partial charge in [0.2, 0.25) is 0 Å². The van der Waals surface area contributed by atoms with Crippen LogP contribution >= 0.6 is 0 Å². The fourth-order valence-electron chi connectivity index (χ4n) is 2.61. The van der Waals surface area contributed by atoms with Crippen LogP contribution in [0.4, 0.5) is 11.4 Å². The summed E-state index contributed by atoms with van der Waals surface area (Å²) < 4.78 is 0. The molecular weight excluding hydrogens is 310 g/mol. The van der Waals surface area contributed by atoms with E-state index in [1.165, 1.54) is 11.1 Å². The predicted molar refractivity (Wildman–Crippen MR) is 102 cm³/mol. The Bertz CT molecular complexity index is 890. The zero-order valence-electron chi connectivity index (χ0n) is 14.4. The van der Waals surface area contributed by atoms with Crippen molar-refractivity contribution in [1.82, 2.24) is 4.98 Å². The molecule has 126 valence electrons. The average Bonchev–Trinajstić information content (AvgIpc) is 2.60. The molecular formula is C21H21N3O. The summed E-state index contributed by atoms with van der Waals surface area (Å²) in [6, 6.07) is 19.7. The molecule has 4 heteroatoms. The van der Waals surface area contributed by atoms with E-state index in [-0.39, 0.29) is 5.91 Å². The van der Waals surface area contributed by atoms with Gasteiger partial charge in [-0.15, -0.1) is 0 Å². The summed E-state index contributed by atoms with van der Waals surface area (Å²) in [5.74, 6) is -0.218. The molecule has 0 unspecified atom stereocenters. The molecule has 4 nitrogen and oxygen atoms in total. The van der Waals surface area contributed by atoms with Gasteiger partial charge in [-0.05, 0) is 49.2 Å².